The van der Waals surface area contributed by atoms with Crippen molar-refractivity contribution in [3.63, 3.8) is 0 Å². The summed E-state index contributed by atoms with van der Waals surface area (Å²) in [5.41, 5.74) is 2.88. The molecule has 1 fully saturated rings. The van der Waals surface area contributed by atoms with Gasteiger partial charge in [-0.05, 0) is 62.1 Å². The number of rotatable bonds is 2. The van der Waals surface area contributed by atoms with Crippen LogP contribution in [0.1, 0.15) is 41.6 Å². The van der Waals surface area contributed by atoms with Gasteiger partial charge in [0.1, 0.15) is 11.6 Å². The van der Waals surface area contributed by atoms with Gasteiger partial charge in [-0.2, -0.15) is 0 Å². The number of aryl methyl sites for hydroxylation is 1. The van der Waals surface area contributed by atoms with Crippen LogP contribution in [-0.4, -0.2) is 11.5 Å². The third kappa shape index (κ3) is 2.48. The molecule has 0 aliphatic carbocycles. The number of benzene rings is 1. The van der Waals surface area contributed by atoms with Crippen LogP contribution in [0.4, 0.5) is 8.78 Å². The lowest BCUT2D eigenvalue weighted by Crippen LogP contribution is -2.31. The number of aromatic nitrogens is 1. The fourth-order valence-electron chi connectivity index (χ4n) is 3.13. The molecule has 4 heteroatoms. The quantitative estimate of drug-likeness (QED) is 0.857. The summed E-state index contributed by atoms with van der Waals surface area (Å²) in [6.07, 6.45) is 3.75. The standard InChI is InChI=1S/C16H18F2N2/c1-10-13(5-7-19-10)11-4-6-20-16(8-11)14-9-12(17)2-3-15(14)18/h2-3,5,7,9,11,16,19-20H,4,6,8H2,1H3. The Morgan fingerprint density at radius 1 is 1.15 bits per heavy atom. The molecule has 0 bridgehead atoms. The van der Waals surface area contributed by atoms with Gasteiger partial charge in [0.25, 0.3) is 0 Å². The van der Waals surface area contributed by atoms with Gasteiger partial charge >= 0.3 is 0 Å². The van der Waals surface area contributed by atoms with Crippen molar-refractivity contribution in [2.45, 2.75) is 31.7 Å². The van der Waals surface area contributed by atoms with Gasteiger partial charge in [0.15, 0.2) is 0 Å². The third-order valence-corrected chi connectivity index (χ3v) is 4.17. The van der Waals surface area contributed by atoms with Crippen molar-refractivity contribution < 1.29 is 8.78 Å². The normalized spacial score (nSPS) is 22.9. The molecule has 20 heavy (non-hydrogen) atoms. The van der Waals surface area contributed by atoms with Crippen molar-refractivity contribution in [2.24, 2.45) is 0 Å². The molecule has 106 valence electrons. The lowest BCUT2D eigenvalue weighted by atomic mass is 9.84. The molecule has 1 aromatic heterocycles. The fraction of sp³-hybridized carbons (Fsp3) is 0.375. The Balaban J connectivity index is 1.85. The van der Waals surface area contributed by atoms with Crippen molar-refractivity contribution in [1.29, 1.82) is 0 Å². The molecule has 0 amide bonds. The summed E-state index contributed by atoms with van der Waals surface area (Å²) in [5.74, 6) is -0.339. The largest absolute Gasteiger partial charge is 0.365 e. The predicted molar refractivity (Wildman–Crippen MR) is 74.6 cm³/mol. The minimum Gasteiger partial charge on any atom is -0.365 e. The number of aromatic amines is 1. The van der Waals surface area contributed by atoms with E-state index in [0.29, 0.717) is 11.5 Å². The van der Waals surface area contributed by atoms with Crippen LogP contribution in [-0.2, 0) is 0 Å². The molecule has 1 aliphatic heterocycles. The second kappa shape index (κ2) is 5.37. The number of halogens is 2. The van der Waals surface area contributed by atoms with E-state index in [1.54, 1.807) is 0 Å². The van der Waals surface area contributed by atoms with E-state index in [1.165, 1.54) is 17.7 Å². The topological polar surface area (TPSA) is 27.8 Å². The molecule has 0 radical (unpaired) electrons. The van der Waals surface area contributed by atoms with Gasteiger partial charge in [0, 0.05) is 23.5 Å². The van der Waals surface area contributed by atoms with E-state index in [4.69, 9.17) is 0 Å². The zero-order chi connectivity index (χ0) is 14.1. The lowest BCUT2D eigenvalue weighted by molar-refractivity contribution is 0.359. The molecule has 2 unspecified atom stereocenters. The first-order valence-electron chi connectivity index (χ1n) is 6.97. The Hall–Kier alpha value is -1.68. The first kappa shape index (κ1) is 13.3. The predicted octanol–water partition coefficient (Wildman–Crippen LogP) is 3.81. The summed E-state index contributed by atoms with van der Waals surface area (Å²) in [6, 6.07) is 5.63. The van der Waals surface area contributed by atoms with E-state index in [-0.39, 0.29) is 17.7 Å². The molecule has 2 aromatic rings. The Labute approximate surface area is 117 Å². The minimum absolute atomic E-state index is 0.126. The average Bonchev–Trinajstić information content (AvgIpc) is 2.88. The highest BCUT2D eigenvalue weighted by molar-refractivity contribution is 5.28. The summed E-state index contributed by atoms with van der Waals surface area (Å²) >= 11 is 0. The summed E-state index contributed by atoms with van der Waals surface area (Å²) in [6.45, 7) is 2.87. The number of H-pyrrole nitrogens is 1. The van der Waals surface area contributed by atoms with Gasteiger partial charge in [-0.1, -0.05) is 0 Å². The van der Waals surface area contributed by atoms with E-state index in [1.807, 2.05) is 6.20 Å². The van der Waals surface area contributed by atoms with Crippen molar-refractivity contribution >= 4 is 0 Å². The molecule has 2 nitrogen and oxygen atoms in total. The maximum absolute atomic E-state index is 13.9. The summed E-state index contributed by atoms with van der Waals surface area (Å²) in [7, 11) is 0. The van der Waals surface area contributed by atoms with Gasteiger partial charge in [-0.25, -0.2) is 8.78 Å². The summed E-state index contributed by atoms with van der Waals surface area (Å²) in [5, 5.41) is 3.30. The third-order valence-electron chi connectivity index (χ3n) is 4.17. The molecular weight excluding hydrogens is 258 g/mol. The van der Waals surface area contributed by atoms with E-state index >= 15 is 0 Å². The zero-order valence-corrected chi connectivity index (χ0v) is 11.4. The highest BCUT2D eigenvalue weighted by Gasteiger charge is 2.27. The monoisotopic (exact) mass is 276 g/mol. The van der Waals surface area contributed by atoms with Crippen molar-refractivity contribution in [1.82, 2.24) is 10.3 Å². The van der Waals surface area contributed by atoms with E-state index < -0.39 is 0 Å². The van der Waals surface area contributed by atoms with Gasteiger partial charge in [-0.15, -0.1) is 0 Å². The molecule has 2 heterocycles. The number of hydrogen-bond acceptors (Lipinski definition) is 1. The Morgan fingerprint density at radius 2 is 2.00 bits per heavy atom. The van der Waals surface area contributed by atoms with Crippen molar-refractivity contribution in [3.8, 4) is 0 Å². The van der Waals surface area contributed by atoms with Crippen molar-refractivity contribution in [2.75, 3.05) is 6.54 Å². The smallest absolute Gasteiger partial charge is 0.128 e. The molecule has 1 saturated heterocycles. The van der Waals surface area contributed by atoms with Crippen LogP contribution in [0.2, 0.25) is 0 Å². The molecular formula is C16H18F2N2. The first-order valence-corrected chi connectivity index (χ1v) is 6.97. The van der Waals surface area contributed by atoms with Crippen LogP contribution < -0.4 is 5.32 Å². The van der Waals surface area contributed by atoms with Crippen LogP contribution in [0, 0.1) is 18.6 Å². The highest BCUT2D eigenvalue weighted by Crippen LogP contribution is 2.36. The zero-order valence-electron chi connectivity index (χ0n) is 11.4. The molecule has 1 aromatic carbocycles. The Bertz CT molecular complexity index is 606. The Kier molecular flexibility index (Phi) is 3.57. The Morgan fingerprint density at radius 3 is 2.75 bits per heavy atom. The first-order chi connectivity index (χ1) is 9.65. The number of nitrogens with one attached hydrogen (secondary N) is 2. The second-order valence-electron chi connectivity index (χ2n) is 5.45. The van der Waals surface area contributed by atoms with Gasteiger partial charge in [0.2, 0.25) is 0 Å². The van der Waals surface area contributed by atoms with Crippen molar-refractivity contribution in [3.05, 3.63) is 58.9 Å². The number of piperidine rings is 1. The fourth-order valence-corrected chi connectivity index (χ4v) is 3.13. The van der Waals surface area contributed by atoms with Crippen LogP contribution in [0.5, 0.6) is 0 Å². The maximum Gasteiger partial charge on any atom is 0.128 e. The lowest BCUT2D eigenvalue weighted by Gasteiger charge is -2.31. The van der Waals surface area contributed by atoms with Crippen LogP contribution in [0.25, 0.3) is 0 Å². The van der Waals surface area contributed by atoms with Gasteiger partial charge < -0.3 is 10.3 Å². The molecule has 3 rings (SSSR count). The average molecular weight is 276 g/mol. The van der Waals surface area contributed by atoms with Gasteiger partial charge in [-0.3, -0.25) is 0 Å². The second-order valence-corrected chi connectivity index (χ2v) is 5.45. The number of hydrogen-bond donors (Lipinski definition) is 2. The van der Waals surface area contributed by atoms with Gasteiger partial charge in [0.05, 0.1) is 0 Å². The van der Waals surface area contributed by atoms with E-state index in [0.717, 1.165) is 31.1 Å². The van der Waals surface area contributed by atoms with Crippen LogP contribution in [0.3, 0.4) is 0 Å². The SMILES string of the molecule is Cc1[nH]ccc1C1CCNC(c2cc(F)ccc2F)C1. The maximum atomic E-state index is 13.9. The molecule has 2 N–H and O–H groups in total. The van der Waals surface area contributed by atoms with E-state index in [2.05, 4.69) is 23.3 Å². The van der Waals surface area contributed by atoms with E-state index in [9.17, 15) is 8.78 Å². The molecule has 0 spiro atoms. The minimum atomic E-state index is -0.386. The summed E-state index contributed by atoms with van der Waals surface area (Å²) < 4.78 is 27.2. The molecule has 2 atom stereocenters. The van der Waals surface area contributed by atoms with Crippen LogP contribution in [0.15, 0.2) is 30.5 Å². The van der Waals surface area contributed by atoms with Crippen LogP contribution >= 0.6 is 0 Å². The summed E-state index contributed by atoms with van der Waals surface area (Å²) in [4.78, 5) is 3.19. The molecule has 1 aliphatic rings. The highest BCUT2D eigenvalue weighted by atomic mass is 19.1. The molecule has 0 saturated carbocycles.